The number of nitrogens with one attached hydrogen (secondary N) is 2. The second-order valence-corrected chi connectivity index (χ2v) is 5.56. The molecule has 5 heteroatoms. The zero-order chi connectivity index (χ0) is 15.6. The average Bonchev–Trinajstić information content (AvgIpc) is 3.35. The summed E-state index contributed by atoms with van der Waals surface area (Å²) in [4.78, 5) is 4.66. The fraction of sp³-hybridized carbons (Fsp3) is 0.500. The second kappa shape index (κ2) is 11.3. The van der Waals surface area contributed by atoms with E-state index in [-0.39, 0.29) is 24.0 Å². The largest absolute Gasteiger partial charge is 0.489 e. The predicted octanol–water partition coefficient (Wildman–Crippen LogP) is 3.72. The topological polar surface area (TPSA) is 45.6 Å². The van der Waals surface area contributed by atoms with Gasteiger partial charge < -0.3 is 15.4 Å². The molecule has 0 unspecified atom stereocenters. The number of nitrogens with zero attached hydrogens (tertiary/aromatic N) is 1. The van der Waals surface area contributed by atoms with Gasteiger partial charge in [0.15, 0.2) is 5.96 Å². The van der Waals surface area contributed by atoms with Crippen molar-refractivity contribution in [2.45, 2.75) is 32.7 Å². The quantitative estimate of drug-likeness (QED) is 0.272. The molecule has 1 aromatic rings. The maximum atomic E-state index is 5.67. The van der Waals surface area contributed by atoms with Crippen molar-refractivity contribution >= 4 is 29.9 Å². The minimum Gasteiger partial charge on any atom is -0.489 e. The van der Waals surface area contributed by atoms with Crippen LogP contribution in [0.1, 0.15) is 31.7 Å². The van der Waals surface area contributed by atoms with Crippen molar-refractivity contribution in [3.05, 3.63) is 42.5 Å². The molecule has 23 heavy (non-hydrogen) atoms. The molecule has 0 amide bonds. The van der Waals surface area contributed by atoms with E-state index in [4.69, 9.17) is 4.74 Å². The lowest BCUT2D eigenvalue weighted by Crippen LogP contribution is -2.37. The normalized spacial score (nSPS) is 13.9. The van der Waals surface area contributed by atoms with Gasteiger partial charge in [-0.1, -0.05) is 43.7 Å². The summed E-state index contributed by atoms with van der Waals surface area (Å²) in [5.74, 6) is 2.69. The van der Waals surface area contributed by atoms with Crippen LogP contribution in [0.25, 0.3) is 0 Å². The van der Waals surface area contributed by atoms with Gasteiger partial charge in [0.25, 0.3) is 0 Å². The standard InChI is InChI=1S/C18H27N3O.HI/c1-3-13-22-17-8-6-5-7-16(17)14-21-18(19-4-2)20-12-11-15-9-10-15;/h3,5-8,15H,1,4,9-14H2,2H3,(H2,19,20,21);1H. The first-order valence-corrected chi connectivity index (χ1v) is 8.17. The summed E-state index contributed by atoms with van der Waals surface area (Å²) >= 11 is 0. The van der Waals surface area contributed by atoms with Crippen molar-refractivity contribution in [2.24, 2.45) is 10.9 Å². The van der Waals surface area contributed by atoms with E-state index in [1.807, 2.05) is 18.2 Å². The van der Waals surface area contributed by atoms with Crippen LogP contribution < -0.4 is 15.4 Å². The Hall–Kier alpha value is -1.24. The average molecular weight is 429 g/mol. The highest BCUT2D eigenvalue weighted by molar-refractivity contribution is 14.0. The third-order valence-electron chi connectivity index (χ3n) is 3.62. The Bertz CT molecular complexity index is 501. The minimum atomic E-state index is 0. The fourth-order valence-corrected chi connectivity index (χ4v) is 2.23. The Morgan fingerprint density at radius 2 is 2.13 bits per heavy atom. The van der Waals surface area contributed by atoms with E-state index in [1.54, 1.807) is 6.08 Å². The van der Waals surface area contributed by atoms with Crippen LogP contribution in [-0.4, -0.2) is 25.7 Å². The fourth-order valence-electron chi connectivity index (χ4n) is 2.23. The van der Waals surface area contributed by atoms with E-state index in [0.29, 0.717) is 13.2 Å². The van der Waals surface area contributed by atoms with Crippen molar-refractivity contribution in [2.75, 3.05) is 19.7 Å². The molecule has 128 valence electrons. The molecule has 0 atom stereocenters. The van der Waals surface area contributed by atoms with Crippen LogP contribution in [0, 0.1) is 5.92 Å². The number of para-hydroxylation sites is 1. The molecule has 1 saturated carbocycles. The van der Waals surface area contributed by atoms with Gasteiger partial charge in [-0.05, 0) is 25.3 Å². The number of hydrogen-bond acceptors (Lipinski definition) is 2. The van der Waals surface area contributed by atoms with Gasteiger partial charge in [-0.3, -0.25) is 0 Å². The Kier molecular flexibility index (Phi) is 9.75. The number of hydrogen-bond donors (Lipinski definition) is 2. The summed E-state index contributed by atoms with van der Waals surface area (Å²) in [7, 11) is 0. The first kappa shape index (κ1) is 19.8. The first-order chi connectivity index (χ1) is 10.8. The summed E-state index contributed by atoms with van der Waals surface area (Å²) in [5, 5.41) is 6.70. The summed E-state index contributed by atoms with van der Waals surface area (Å²) < 4.78 is 5.67. The van der Waals surface area contributed by atoms with Gasteiger partial charge in [-0.2, -0.15) is 0 Å². The zero-order valence-electron chi connectivity index (χ0n) is 13.9. The van der Waals surface area contributed by atoms with Crippen LogP contribution in [0.5, 0.6) is 5.75 Å². The minimum absolute atomic E-state index is 0. The molecule has 0 aliphatic heterocycles. The predicted molar refractivity (Wildman–Crippen MR) is 108 cm³/mol. The van der Waals surface area contributed by atoms with Gasteiger partial charge in [-0.25, -0.2) is 4.99 Å². The number of aliphatic imine (C=N–C) groups is 1. The second-order valence-electron chi connectivity index (χ2n) is 5.56. The number of rotatable bonds is 9. The maximum Gasteiger partial charge on any atom is 0.191 e. The lowest BCUT2D eigenvalue weighted by Gasteiger charge is -2.12. The monoisotopic (exact) mass is 429 g/mol. The maximum absolute atomic E-state index is 5.67. The third kappa shape index (κ3) is 7.72. The number of ether oxygens (including phenoxy) is 1. The molecule has 0 radical (unpaired) electrons. The van der Waals surface area contributed by atoms with E-state index in [9.17, 15) is 0 Å². The van der Waals surface area contributed by atoms with Crippen molar-refractivity contribution in [3.63, 3.8) is 0 Å². The summed E-state index contributed by atoms with van der Waals surface area (Å²) in [5.41, 5.74) is 1.09. The van der Waals surface area contributed by atoms with Crippen LogP contribution in [0.15, 0.2) is 41.9 Å². The summed E-state index contributed by atoms with van der Waals surface area (Å²) in [6.07, 6.45) is 5.78. The lowest BCUT2D eigenvalue weighted by atomic mass is 10.2. The molecule has 4 nitrogen and oxygen atoms in total. The Morgan fingerprint density at radius 3 is 2.83 bits per heavy atom. The summed E-state index contributed by atoms with van der Waals surface area (Å²) in [6.45, 7) is 8.74. The van der Waals surface area contributed by atoms with E-state index in [1.165, 1.54) is 19.3 Å². The highest BCUT2D eigenvalue weighted by atomic mass is 127. The highest BCUT2D eigenvalue weighted by Crippen LogP contribution is 2.31. The van der Waals surface area contributed by atoms with Gasteiger partial charge >= 0.3 is 0 Å². The van der Waals surface area contributed by atoms with Crippen molar-refractivity contribution in [1.82, 2.24) is 10.6 Å². The van der Waals surface area contributed by atoms with Crippen LogP contribution in [0.3, 0.4) is 0 Å². The Morgan fingerprint density at radius 1 is 1.35 bits per heavy atom. The van der Waals surface area contributed by atoms with Gasteiger partial charge in [-0.15, -0.1) is 24.0 Å². The van der Waals surface area contributed by atoms with Gasteiger partial charge in [0.05, 0.1) is 6.54 Å². The van der Waals surface area contributed by atoms with E-state index < -0.39 is 0 Å². The van der Waals surface area contributed by atoms with Crippen LogP contribution in [-0.2, 0) is 6.54 Å². The number of benzene rings is 1. The van der Waals surface area contributed by atoms with Gasteiger partial charge in [0.2, 0.25) is 0 Å². The molecule has 1 aliphatic carbocycles. The van der Waals surface area contributed by atoms with E-state index >= 15 is 0 Å². The SMILES string of the molecule is C=CCOc1ccccc1CN=C(NCC)NCCC1CC1.I. The molecule has 1 aromatic carbocycles. The van der Waals surface area contributed by atoms with Crippen LogP contribution in [0.2, 0.25) is 0 Å². The molecule has 1 aliphatic rings. The smallest absolute Gasteiger partial charge is 0.191 e. The van der Waals surface area contributed by atoms with E-state index in [2.05, 4.69) is 35.2 Å². The molecular weight excluding hydrogens is 401 g/mol. The van der Waals surface area contributed by atoms with E-state index in [0.717, 1.165) is 36.3 Å². The Labute approximate surface area is 156 Å². The van der Waals surface area contributed by atoms with Gasteiger partial charge in [0, 0.05) is 18.7 Å². The molecule has 0 bridgehead atoms. The van der Waals surface area contributed by atoms with Crippen molar-refractivity contribution < 1.29 is 4.74 Å². The molecule has 2 rings (SSSR count). The van der Waals surface area contributed by atoms with Crippen LogP contribution >= 0.6 is 24.0 Å². The Balaban J connectivity index is 0.00000264. The number of halogens is 1. The number of guanidine groups is 1. The third-order valence-corrected chi connectivity index (χ3v) is 3.62. The molecule has 0 heterocycles. The van der Waals surface area contributed by atoms with Crippen LogP contribution in [0.4, 0.5) is 0 Å². The lowest BCUT2D eigenvalue weighted by molar-refractivity contribution is 0.359. The molecule has 2 N–H and O–H groups in total. The van der Waals surface area contributed by atoms with Gasteiger partial charge in [0.1, 0.15) is 12.4 Å². The van der Waals surface area contributed by atoms with Crippen molar-refractivity contribution in [3.8, 4) is 5.75 Å². The highest BCUT2D eigenvalue weighted by Gasteiger charge is 2.20. The molecule has 0 saturated heterocycles. The molecule has 0 aromatic heterocycles. The summed E-state index contributed by atoms with van der Waals surface area (Å²) in [6, 6.07) is 8.02. The zero-order valence-corrected chi connectivity index (χ0v) is 16.2. The van der Waals surface area contributed by atoms with Crippen molar-refractivity contribution in [1.29, 1.82) is 0 Å². The molecule has 1 fully saturated rings. The molecule has 0 spiro atoms. The first-order valence-electron chi connectivity index (χ1n) is 8.17. The molecular formula is C18H28IN3O.